The first-order valence-electron chi connectivity index (χ1n) is 7.50. The highest BCUT2D eigenvalue weighted by molar-refractivity contribution is 6.29. The number of allylic oxidation sites excluding steroid dienone is 1. The van der Waals surface area contributed by atoms with Crippen molar-refractivity contribution < 1.29 is 4.79 Å². The van der Waals surface area contributed by atoms with Gasteiger partial charge in [-0.25, -0.2) is 9.78 Å². The Balaban J connectivity index is 2.29. The minimum atomic E-state index is 0.372. The van der Waals surface area contributed by atoms with Crippen LogP contribution in [0.4, 0.5) is 5.69 Å². The zero-order valence-electron chi connectivity index (χ0n) is 13.3. The molecule has 0 radical (unpaired) electrons. The van der Waals surface area contributed by atoms with E-state index in [1.807, 2.05) is 30.9 Å². The van der Waals surface area contributed by atoms with Crippen molar-refractivity contribution in [2.75, 3.05) is 11.4 Å². The number of hydrogen-bond acceptors (Lipinski definition) is 4. The molecule has 0 aliphatic carbocycles. The predicted octanol–water partition coefficient (Wildman–Crippen LogP) is 4.01. The Kier molecular flexibility index (Phi) is 4.22. The second-order valence-electron chi connectivity index (χ2n) is 5.46. The molecule has 2 aromatic rings. The van der Waals surface area contributed by atoms with Crippen LogP contribution in [0.15, 0.2) is 36.2 Å². The Labute approximate surface area is 145 Å². The Morgan fingerprint density at radius 2 is 2.12 bits per heavy atom. The van der Waals surface area contributed by atoms with Crippen molar-refractivity contribution in [2.45, 2.75) is 13.8 Å². The van der Waals surface area contributed by atoms with Crippen LogP contribution in [-0.2, 0) is 4.79 Å². The molecule has 0 atom stereocenters. The quantitative estimate of drug-likeness (QED) is 0.614. The van der Waals surface area contributed by atoms with Gasteiger partial charge in [-0.1, -0.05) is 17.7 Å². The van der Waals surface area contributed by atoms with Crippen LogP contribution >= 0.6 is 11.6 Å². The fourth-order valence-corrected chi connectivity index (χ4v) is 3.04. The average Bonchev–Trinajstić information content (AvgIpc) is 2.60. The number of aromatic nitrogens is 1. The first kappa shape index (κ1) is 16.0. The first-order chi connectivity index (χ1) is 11.6. The molecule has 0 saturated carbocycles. The summed E-state index contributed by atoms with van der Waals surface area (Å²) in [6.45, 7) is 4.49. The van der Waals surface area contributed by atoms with E-state index in [0.29, 0.717) is 23.0 Å². The fourth-order valence-electron chi connectivity index (χ4n) is 2.89. The van der Waals surface area contributed by atoms with Crippen LogP contribution in [-0.4, -0.2) is 17.5 Å². The second-order valence-corrected chi connectivity index (χ2v) is 5.85. The molecule has 0 bridgehead atoms. The summed E-state index contributed by atoms with van der Waals surface area (Å²) in [7, 11) is 0. The summed E-state index contributed by atoms with van der Waals surface area (Å²) in [4.78, 5) is 17.7. The standard InChI is InChI=1S/C19H14ClN3O/c1-3-23-17-8-19(20)22-10-14(17)7-16(18(23)11-24)15-6-13(9-21)5-4-12(15)2/h4-8,10H,3H2,1-2H3. The van der Waals surface area contributed by atoms with Gasteiger partial charge in [0, 0.05) is 23.9 Å². The Bertz CT molecular complexity index is 950. The number of anilines is 1. The third-order valence-corrected chi connectivity index (χ3v) is 4.27. The molecule has 118 valence electrons. The molecule has 0 unspecified atom stereocenters. The topological polar surface area (TPSA) is 57.0 Å². The second kappa shape index (κ2) is 6.33. The summed E-state index contributed by atoms with van der Waals surface area (Å²) in [5.74, 6) is 2.06. The number of nitriles is 1. The number of halogens is 1. The normalized spacial score (nSPS) is 13.0. The van der Waals surface area contributed by atoms with Crippen LogP contribution in [0, 0.1) is 18.3 Å². The van der Waals surface area contributed by atoms with Crippen molar-refractivity contribution in [2.24, 2.45) is 0 Å². The smallest absolute Gasteiger partial charge is 0.151 e. The van der Waals surface area contributed by atoms with Gasteiger partial charge in [0.15, 0.2) is 5.94 Å². The van der Waals surface area contributed by atoms with E-state index >= 15 is 0 Å². The number of likely N-dealkylation sites (N-methyl/N-ethyl adjacent to an activating group) is 1. The van der Waals surface area contributed by atoms with E-state index in [1.54, 1.807) is 24.4 Å². The maximum Gasteiger partial charge on any atom is 0.151 e. The van der Waals surface area contributed by atoms with Crippen molar-refractivity contribution >= 4 is 34.9 Å². The van der Waals surface area contributed by atoms with Gasteiger partial charge in [0.05, 0.1) is 17.3 Å². The van der Waals surface area contributed by atoms with E-state index in [-0.39, 0.29) is 0 Å². The molecule has 0 amide bonds. The van der Waals surface area contributed by atoms with Crippen molar-refractivity contribution in [3.05, 3.63) is 63.6 Å². The van der Waals surface area contributed by atoms with Gasteiger partial charge < -0.3 is 4.90 Å². The summed E-state index contributed by atoms with van der Waals surface area (Å²) in [5.41, 5.74) is 5.24. The lowest BCUT2D eigenvalue weighted by Gasteiger charge is -2.31. The number of aryl methyl sites for hydroxylation is 1. The molecule has 0 spiro atoms. The van der Waals surface area contributed by atoms with Gasteiger partial charge in [-0.3, -0.25) is 0 Å². The van der Waals surface area contributed by atoms with Gasteiger partial charge in [0.25, 0.3) is 0 Å². The molecule has 1 aliphatic heterocycles. The van der Waals surface area contributed by atoms with E-state index in [9.17, 15) is 10.1 Å². The number of fused-ring (bicyclic) bond motifs is 1. The Hall–Kier alpha value is -2.86. The fraction of sp³-hybridized carbons (Fsp3) is 0.158. The lowest BCUT2D eigenvalue weighted by molar-refractivity contribution is 0.567. The van der Waals surface area contributed by atoms with Gasteiger partial charge >= 0.3 is 0 Å². The van der Waals surface area contributed by atoms with Crippen LogP contribution in [0.2, 0.25) is 5.15 Å². The molecule has 1 aromatic heterocycles. The van der Waals surface area contributed by atoms with Gasteiger partial charge in [-0.2, -0.15) is 5.26 Å². The minimum Gasteiger partial charge on any atom is -0.332 e. The van der Waals surface area contributed by atoms with Gasteiger partial charge in [0.1, 0.15) is 10.9 Å². The van der Waals surface area contributed by atoms with Gasteiger partial charge in [0.2, 0.25) is 0 Å². The lowest BCUT2D eigenvalue weighted by Crippen LogP contribution is -2.27. The maximum atomic E-state index is 11.7. The molecule has 3 rings (SSSR count). The lowest BCUT2D eigenvalue weighted by atomic mass is 9.91. The summed E-state index contributed by atoms with van der Waals surface area (Å²) < 4.78 is 0. The summed E-state index contributed by atoms with van der Waals surface area (Å²) in [5, 5.41) is 9.54. The number of benzene rings is 1. The minimum absolute atomic E-state index is 0.372. The zero-order valence-corrected chi connectivity index (χ0v) is 14.1. The zero-order chi connectivity index (χ0) is 17.3. The van der Waals surface area contributed by atoms with Crippen LogP contribution in [0.25, 0.3) is 11.6 Å². The molecule has 2 heterocycles. The van der Waals surface area contributed by atoms with Crippen molar-refractivity contribution in [3.8, 4) is 6.07 Å². The number of carbonyl (C=O) groups excluding carboxylic acids is 1. The molecule has 0 fully saturated rings. The Morgan fingerprint density at radius 3 is 2.79 bits per heavy atom. The first-order valence-corrected chi connectivity index (χ1v) is 7.88. The molecular weight excluding hydrogens is 322 g/mol. The number of pyridine rings is 1. The van der Waals surface area contributed by atoms with Crippen molar-refractivity contribution in [1.29, 1.82) is 5.26 Å². The van der Waals surface area contributed by atoms with E-state index in [0.717, 1.165) is 28.0 Å². The van der Waals surface area contributed by atoms with Crippen molar-refractivity contribution in [1.82, 2.24) is 4.98 Å². The third-order valence-electron chi connectivity index (χ3n) is 4.06. The van der Waals surface area contributed by atoms with Crippen LogP contribution in [0.1, 0.15) is 29.2 Å². The Morgan fingerprint density at radius 1 is 1.33 bits per heavy atom. The molecule has 1 aliphatic rings. The molecule has 0 N–H and O–H groups in total. The van der Waals surface area contributed by atoms with Crippen LogP contribution in [0.5, 0.6) is 0 Å². The van der Waals surface area contributed by atoms with Gasteiger partial charge in [-0.05, 0) is 49.2 Å². The van der Waals surface area contributed by atoms with E-state index in [4.69, 9.17) is 11.6 Å². The SMILES string of the molecule is CCN1C(=C=O)C(c2cc(C#N)ccc2C)=Cc2cnc(Cl)cc21. The van der Waals surface area contributed by atoms with Gasteiger partial charge in [-0.15, -0.1) is 0 Å². The molecule has 4 nitrogen and oxygen atoms in total. The average molecular weight is 336 g/mol. The third kappa shape index (κ3) is 2.61. The summed E-state index contributed by atoms with van der Waals surface area (Å²) in [6, 6.07) is 9.31. The summed E-state index contributed by atoms with van der Waals surface area (Å²) >= 11 is 6.01. The highest BCUT2D eigenvalue weighted by Crippen LogP contribution is 2.39. The van der Waals surface area contributed by atoms with Crippen molar-refractivity contribution in [3.63, 3.8) is 0 Å². The summed E-state index contributed by atoms with van der Waals surface area (Å²) in [6.07, 6.45) is 3.58. The highest BCUT2D eigenvalue weighted by Gasteiger charge is 2.26. The molecule has 24 heavy (non-hydrogen) atoms. The molecule has 5 heteroatoms. The largest absolute Gasteiger partial charge is 0.332 e. The predicted molar refractivity (Wildman–Crippen MR) is 95.2 cm³/mol. The van der Waals surface area contributed by atoms with E-state index in [1.165, 1.54) is 0 Å². The monoisotopic (exact) mass is 335 g/mol. The van der Waals surface area contributed by atoms with E-state index in [2.05, 4.69) is 17.0 Å². The van der Waals surface area contributed by atoms with E-state index < -0.39 is 0 Å². The molecule has 1 aromatic carbocycles. The number of hydrogen-bond donors (Lipinski definition) is 0. The van der Waals surface area contributed by atoms with Crippen LogP contribution < -0.4 is 4.90 Å². The molecular formula is C19H14ClN3O. The number of nitrogens with zero attached hydrogens (tertiary/aromatic N) is 3. The molecule has 0 saturated heterocycles. The number of rotatable bonds is 2. The maximum absolute atomic E-state index is 11.7. The highest BCUT2D eigenvalue weighted by atomic mass is 35.5. The van der Waals surface area contributed by atoms with Crippen LogP contribution in [0.3, 0.4) is 0 Å².